The average Bonchev–Trinajstić information content (AvgIpc) is 3.14. The largest absolute Gasteiger partial charge is 0.480 e. The van der Waals surface area contributed by atoms with Gasteiger partial charge in [-0.2, -0.15) is 0 Å². The number of methoxy groups -OCH3 is 1. The fraction of sp³-hybridized carbons (Fsp3) is 0.667. The van der Waals surface area contributed by atoms with Crippen LogP contribution in [0.4, 0.5) is 0 Å². The maximum absolute atomic E-state index is 12.8. The van der Waals surface area contributed by atoms with Crippen molar-refractivity contribution in [3.8, 4) is 5.88 Å². The normalized spacial score (nSPS) is 22.5. The Bertz CT molecular complexity index is 552. The molecular formula is C18H27N3O3. The number of aromatic nitrogens is 1. The number of nitrogens with zero attached hydrogens (tertiary/aromatic N) is 3. The summed E-state index contributed by atoms with van der Waals surface area (Å²) in [6.07, 6.45) is 4.84. The molecule has 132 valence electrons. The molecule has 0 spiro atoms. The third kappa shape index (κ3) is 3.87. The zero-order chi connectivity index (χ0) is 16.9. The average molecular weight is 333 g/mol. The van der Waals surface area contributed by atoms with Crippen molar-refractivity contribution in [2.24, 2.45) is 5.92 Å². The van der Waals surface area contributed by atoms with E-state index in [1.807, 2.05) is 11.9 Å². The molecule has 0 saturated carbocycles. The minimum absolute atomic E-state index is 0.0115. The van der Waals surface area contributed by atoms with Gasteiger partial charge >= 0.3 is 0 Å². The number of carbonyl (C=O) groups is 1. The lowest BCUT2D eigenvalue weighted by atomic mass is 10.0. The summed E-state index contributed by atoms with van der Waals surface area (Å²) in [6, 6.07) is 3.83. The third-order valence-electron chi connectivity index (χ3n) is 5.16. The Balaban J connectivity index is 1.54. The molecule has 2 saturated heterocycles. The first-order valence-electron chi connectivity index (χ1n) is 8.75. The van der Waals surface area contributed by atoms with Gasteiger partial charge in [-0.15, -0.1) is 0 Å². The molecule has 3 rings (SSSR count). The standard InChI is InChI=1S/C18H27N3O3/c1-20(18(22)16-4-3-8-19-17(16)23-2)15-5-9-21(10-6-15)12-14-7-11-24-13-14/h3-4,8,14-15H,5-7,9-13H2,1-2H3. The molecule has 0 bridgehead atoms. The lowest BCUT2D eigenvalue weighted by Crippen LogP contribution is -2.46. The highest BCUT2D eigenvalue weighted by atomic mass is 16.5. The number of hydrogen-bond donors (Lipinski definition) is 0. The monoisotopic (exact) mass is 333 g/mol. The van der Waals surface area contributed by atoms with Gasteiger partial charge in [-0.3, -0.25) is 4.79 Å². The molecule has 6 nitrogen and oxygen atoms in total. The molecule has 1 atom stereocenters. The van der Waals surface area contributed by atoms with E-state index in [2.05, 4.69) is 9.88 Å². The van der Waals surface area contributed by atoms with Gasteiger partial charge in [0.05, 0.1) is 13.7 Å². The van der Waals surface area contributed by atoms with E-state index in [9.17, 15) is 4.79 Å². The molecule has 0 aromatic carbocycles. The van der Waals surface area contributed by atoms with E-state index < -0.39 is 0 Å². The molecule has 1 unspecified atom stereocenters. The molecule has 1 aromatic heterocycles. The van der Waals surface area contributed by atoms with Crippen molar-refractivity contribution in [3.63, 3.8) is 0 Å². The number of pyridine rings is 1. The maximum Gasteiger partial charge on any atom is 0.259 e. The van der Waals surface area contributed by atoms with Crippen molar-refractivity contribution >= 4 is 5.91 Å². The minimum Gasteiger partial charge on any atom is -0.480 e. The quantitative estimate of drug-likeness (QED) is 0.820. The van der Waals surface area contributed by atoms with Crippen molar-refractivity contribution < 1.29 is 14.3 Å². The van der Waals surface area contributed by atoms with Crippen molar-refractivity contribution in [1.82, 2.24) is 14.8 Å². The van der Waals surface area contributed by atoms with Crippen LogP contribution < -0.4 is 4.74 Å². The van der Waals surface area contributed by atoms with E-state index in [1.165, 1.54) is 6.42 Å². The SMILES string of the molecule is COc1ncccc1C(=O)N(C)C1CCN(CC2CCOC2)CC1. The van der Waals surface area contributed by atoms with Crippen LogP contribution in [0, 0.1) is 5.92 Å². The van der Waals surface area contributed by atoms with E-state index in [1.54, 1.807) is 25.4 Å². The van der Waals surface area contributed by atoms with Crippen LogP contribution in [0.15, 0.2) is 18.3 Å². The van der Waals surface area contributed by atoms with Gasteiger partial charge in [-0.1, -0.05) is 0 Å². The number of carbonyl (C=O) groups excluding carboxylic acids is 1. The van der Waals surface area contributed by atoms with Crippen LogP contribution in [0.2, 0.25) is 0 Å². The summed E-state index contributed by atoms with van der Waals surface area (Å²) in [5.74, 6) is 1.07. The number of likely N-dealkylation sites (tertiary alicyclic amines) is 1. The smallest absolute Gasteiger partial charge is 0.259 e. The van der Waals surface area contributed by atoms with Crippen LogP contribution in [0.1, 0.15) is 29.6 Å². The summed E-state index contributed by atoms with van der Waals surface area (Å²) in [4.78, 5) is 21.3. The van der Waals surface area contributed by atoms with Crippen LogP contribution >= 0.6 is 0 Å². The zero-order valence-electron chi connectivity index (χ0n) is 14.6. The van der Waals surface area contributed by atoms with Gasteiger partial charge in [-0.05, 0) is 37.3 Å². The number of amides is 1. The van der Waals surface area contributed by atoms with Crippen molar-refractivity contribution in [2.75, 3.05) is 47.0 Å². The molecule has 6 heteroatoms. The molecular weight excluding hydrogens is 306 g/mol. The Morgan fingerprint density at radius 2 is 2.21 bits per heavy atom. The molecule has 0 aliphatic carbocycles. The number of hydrogen-bond acceptors (Lipinski definition) is 5. The molecule has 2 aliphatic rings. The van der Waals surface area contributed by atoms with Gasteiger partial charge in [0, 0.05) is 45.5 Å². The van der Waals surface area contributed by atoms with Gasteiger partial charge in [0.25, 0.3) is 5.91 Å². The minimum atomic E-state index is -0.0115. The van der Waals surface area contributed by atoms with Crippen LogP contribution in [0.25, 0.3) is 0 Å². The van der Waals surface area contributed by atoms with E-state index in [-0.39, 0.29) is 11.9 Å². The van der Waals surface area contributed by atoms with E-state index in [0.717, 1.165) is 45.7 Å². The Hall–Kier alpha value is -1.66. The second-order valence-corrected chi connectivity index (χ2v) is 6.74. The summed E-state index contributed by atoms with van der Waals surface area (Å²) < 4.78 is 10.7. The highest BCUT2D eigenvalue weighted by molar-refractivity contribution is 5.96. The lowest BCUT2D eigenvalue weighted by Gasteiger charge is -2.37. The number of rotatable bonds is 5. The van der Waals surface area contributed by atoms with Gasteiger partial charge in [0.15, 0.2) is 0 Å². The zero-order valence-corrected chi connectivity index (χ0v) is 14.6. The predicted octanol–water partition coefficient (Wildman–Crippen LogP) is 1.66. The summed E-state index contributed by atoms with van der Waals surface area (Å²) in [7, 11) is 3.43. The highest BCUT2D eigenvalue weighted by Gasteiger charge is 2.29. The predicted molar refractivity (Wildman–Crippen MR) is 91.3 cm³/mol. The Kier molecular flexibility index (Phi) is 5.68. The molecule has 1 aromatic rings. The Labute approximate surface area is 143 Å². The molecule has 0 radical (unpaired) electrons. The molecule has 1 amide bonds. The maximum atomic E-state index is 12.8. The third-order valence-corrected chi connectivity index (χ3v) is 5.16. The van der Waals surface area contributed by atoms with Crippen molar-refractivity contribution in [1.29, 1.82) is 0 Å². The van der Waals surface area contributed by atoms with Gasteiger partial charge in [0.1, 0.15) is 5.56 Å². The van der Waals surface area contributed by atoms with E-state index >= 15 is 0 Å². The van der Waals surface area contributed by atoms with Gasteiger partial charge in [-0.25, -0.2) is 4.98 Å². The van der Waals surface area contributed by atoms with Crippen molar-refractivity contribution in [3.05, 3.63) is 23.9 Å². The van der Waals surface area contributed by atoms with Crippen LogP contribution in [0.5, 0.6) is 5.88 Å². The second kappa shape index (κ2) is 7.94. The summed E-state index contributed by atoms with van der Waals surface area (Å²) in [5, 5.41) is 0. The molecule has 3 heterocycles. The van der Waals surface area contributed by atoms with Gasteiger partial charge in [0.2, 0.25) is 5.88 Å². The molecule has 24 heavy (non-hydrogen) atoms. The Morgan fingerprint density at radius 3 is 2.88 bits per heavy atom. The first-order chi connectivity index (χ1) is 11.7. The van der Waals surface area contributed by atoms with Crippen LogP contribution in [-0.2, 0) is 4.74 Å². The number of piperidine rings is 1. The topological polar surface area (TPSA) is 54.9 Å². The molecule has 2 aliphatic heterocycles. The molecule has 0 N–H and O–H groups in total. The van der Waals surface area contributed by atoms with Gasteiger partial charge < -0.3 is 19.3 Å². The fourth-order valence-corrected chi connectivity index (χ4v) is 3.65. The summed E-state index contributed by atoms with van der Waals surface area (Å²) in [6.45, 7) is 5.02. The first-order valence-corrected chi connectivity index (χ1v) is 8.75. The van der Waals surface area contributed by atoms with E-state index in [4.69, 9.17) is 9.47 Å². The second-order valence-electron chi connectivity index (χ2n) is 6.74. The Morgan fingerprint density at radius 1 is 1.42 bits per heavy atom. The lowest BCUT2D eigenvalue weighted by molar-refractivity contribution is 0.0621. The van der Waals surface area contributed by atoms with Crippen LogP contribution in [0.3, 0.4) is 0 Å². The molecule has 2 fully saturated rings. The first kappa shape index (κ1) is 17.2. The fourth-order valence-electron chi connectivity index (χ4n) is 3.65. The summed E-state index contributed by atoms with van der Waals surface area (Å²) in [5.41, 5.74) is 0.535. The highest BCUT2D eigenvalue weighted by Crippen LogP contribution is 2.22. The van der Waals surface area contributed by atoms with E-state index in [0.29, 0.717) is 17.4 Å². The van der Waals surface area contributed by atoms with Crippen molar-refractivity contribution in [2.45, 2.75) is 25.3 Å². The number of ether oxygens (including phenoxy) is 2. The summed E-state index contributed by atoms with van der Waals surface area (Å²) >= 11 is 0. The van der Waals surface area contributed by atoms with Crippen LogP contribution in [-0.4, -0.2) is 73.7 Å².